The van der Waals surface area contributed by atoms with Gasteiger partial charge in [-0.15, -0.1) is 0 Å². The van der Waals surface area contributed by atoms with Gasteiger partial charge in [-0.25, -0.2) is 4.98 Å². The third-order valence-corrected chi connectivity index (χ3v) is 2.13. The van der Waals surface area contributed by atoms with Gasteiger partial charge in [0.25, 0.3) is 0 Å². The van der Waals surface area contributed by atoms with E-state index >= 15 is 0 Å². The highest BCUT2D eigenvalue weighted by Crippen LogP contribution is 2.22. The van der Waals surface area contributed by atoms with E-state index in [4.69, 9.17) is 4.42 Å². The van der Waals surface area contributed by atoms with Crippen LogP contribution >= 0.6 is 0 Å². The molecule has 0 N–H and O–H groups in total. The fourth-order valence-corrected chi connectivity index (χ4v) is 1.44. The standard InChI is InChI=1S/C10H11NO/c1-3-9-7(2)8-5-4-6-11-10(8)12-9/h4-6H,3H2,1-2H3. The molecule has 0 aliphatic heterocycles. The summed E-state index contributed by atoms with van der Waals surface area (Å²) in [5, 5.41) is 1.13. The van der Waals surface area contributed by atoms with Gasteiger partial charge in [0.2, 0.25) is 5.71 Å². The molecular weight excluding hydrogens is 150 g/mol. The molecule has 0 aliphatic carbocycles. The van der Waals surface area contributed by atoms with Gasteiger partial charge >= 0.3 is 0 Å². The normalized spacial score (nSPS) is 10.8. The van der Waals surface area contributed by atoms with Crippen molar-refractivity contribution >= 4 is 11.1 Å². The highest BCUT2D eigenvalue weighted by atomic mass is 16.3. The van der Waals surface area contributed by atoms with Crippen LogP contribution in [0.2, 0.25) is 0 Å². The van der Waals surface area contributed by atoms with Crippen LogP contribution in [0.3, 0.4) is 0 Å². The van der Waals surface area contributed by atoms with Crippen LogP contribution in [0.5, 0.6) is 0 Å². The van der Waals surface area contributed by atoms with Crippen LogP contribution in [-0.4, -0.2) is 4.98 Å². The Kier molecular flexibility index (Phi) is 1.61. The zero-order valence-corrected chi connectivity index (χ0v) is 7.29. The van der Waals surface area contributed by atoms with Crippen LogP contribution in [0.1, 0.15) is 18.2 Å². The first-order valence-corrected chi connectivity index (χ1v) is 4.16. The number of furan rings is 1. The number of aromatic nitrogens is 1. The summed E-state index contributed by atoms with van der Waals surface area (Å²) in [7, 11) is 0. The summed E-state index contributed by atoms with van der Waals surface area (Å²) in [6.07, 6.45) is 2.69. The Morgan fingerprint density at radius 1 is 1.50 bits per heavy atom. The van der Waals surface area contributed by atoms with Crippen molar-refractivity contribution in [2.45, 2.75) is 20.3 Å². The van der Waals surface area contributed by atoms with Crippen molar-refractivity contribution < 1.29 is 4.42 Å². The Morgan fingerprint density at radius 2 is 2.33 bits per heavy atom. The zero-order valence-electron chi connectivity index (χ0n) is 7.29. The van der Waals surface area contributed by atoms with E-state index in [9.17, 15) is 0 Å². The minimum absolute atomic E-state index is 0.756. The van der Waals surface area contributed by atoms with Crippen molar-refractivity contribution in [3.05, 3.63) is 29.7 Å². The maximum atomic E-state index is 5.54. The van der Waals surface area contributed by atoms with Crippen molar-refractivity contribution in [2.24, 2.45) is 0 Å². The highest BCUT2D eigenvalue weighted by molar-refractivity contribution is 5.78. The molecule has 0 amide bonds. The summed E-state index contributed by atoms with van der Waals surface area (Å²) in [5.74, 6) is 1.05. The predicted molar refractivity (Wildman–Crippen MR) is 48.1 cm³/mol. The lowest BCUT2D eigenvalue weighted by molar-refractivity contribution is 0.544. The van der Waals surface area contributed by atoms with E-state index in [2.05, 4.69) is 18.8 Å². The van der Waals surface area contributed by atoms with Gasteiger partial charge in [0.05, 0.1) is 0 Å². The Bertz CT molecular complexity index is 403. The molecule has 2 rings (SSSR count). The van der Waals surface area contributed by atoms with Crippen molar-refractivity contribution in [1.82, 2.24) is 4.98 Å². The van der Waals surface area contributed by atoms with Crippen LogP contribution in [0.25, 0.3) is 11.1 Å². The van der Waals surface area contributed by atoms with Crippen molar-refractivity contribution in [2.75, 3.05) is 0 Å². The minimum atomic E-state index is 0.756. The van der Waals surface area contributed by atoms with E-state index in [1.165, 1.54) is 5.56 Å². The molecule has 0 aromatic carbocycles. The van der Waals surface area contributed by atoms with Gasteiger partial charge < -0.3 is 4.42 Å². The number of hydrogen-bond acceptors (Lipinski definition) is 2. The lowest BCUT2D eigenvalue weighted by atomic mass is 10.2. The van der Waals surface area contributed by atoms with Crippen molar-refractivity contribution in [3.63, 3.8) is 0 Å². The number of nitrogens with zero attached hydrogens (tertiary/aromatic N) is 1. The molecule has 2 aromatic rings. The monoisotopic (exact) mass is 161 g/mol. The van der Waals surface area contributed by atoms with Gasteiger partial charge in [-0.2, -0.15) is 0 Å². The zero-order chi connectivity index (χ0) is 8.55. The highest BCUT2D eigenvalue weighted by Gasteiger charge is 2.07. The average molecular weight is 161 g/mol. The second-order valence-electron chi connectivity index (χ2n) is 2.86. The summed E-state index contributed by atoms with van der Waals surface area (Å²) in [6, 6.07) is 3.98. The van der Waals surface area contributed by atoms with E-state index < -0.39 is 0 Å². The quantitative estimate of drug-likeness (QED) is 0.642. The fraction of sp³-hybridized carbons (Fsp3) is 0.300. The molecule has 62 valence electrons. The van der Waals surface area contributed by atoms with E-state index in [1.54, 1.807) is 6.20 Å². The van der Waals surface area contributed by atoms with E-state index in [1.807, 2.05) is 12.1 Å². The van der Waals surface area contributed by atoms with Crippen LogP contribution in [0.15, 0.2) is 22.7 Å². The first-order chi connectivity index (χ1) is 5.83. The molecule has 2 heteroatoms. The van der Waals surface area contributed by atoms with Crippen LogP contribution in [-0.2, 0) is 6.42 Å². The van der Waals surface area contributed by atoms with Gasteiger partial charge in [-0.05, 0) is 19.1 Å². The fourth-order valence-electron chi connectivity index (χ4n) is 1.44. The molecule has 2 nitrogen and oxygen atoms in total. The number of pyridine rings is 1. The molecule has 0 spiro atoms. The molecule has 0 radical (unpaired) electrons. The first-order valence-electron chi connectivity index (χ1n) is 4.16. The molecule has 0 bridgehead atoms. The van der Waals surface area contributed by atoms with E-state index in [0.717, 1.165) is 23.3 Å². The maximum absolute atomic E-state index is 5.54. The summed E-state index contributed by atoms with van der Waals surface area (Å²) in [4.78, 5) is 4.14. The topological polar surface area (TPSA) is 26.0 Å². The third-order valence-electron chi connectivity index (χ3n) is 2.13. The molecule has 0 atom stereocenters. The summed E-state index contributed by atoms with van der Waals surface area (Å²) >= 11 is 0. The van der Waals surface area contributed by atoms with Gasteiger partial charge in [-0.3, -0.25) is 0 Å². The molecule has 0 saturated heterocycles. The Morgan fingerprint density at radius 3 is 3.00 bits per heavy atom. The number of rotatable bonds is 1. The summed E-state index contributed by atoms with van der Waals surface area (Å²) < 4.78 is 5.54. The van der Waals surface area contributed by atoms with Crippen LogP contribution < -0.4 is 0 Å². The lowest BCUT2D eigenvalue weighted by Gasteiger charge is -1.88. The molecule has 0 fully saturated rings. The second kappa shape index (κ2) is 2.63. The van der Waals surface area contributed by atoms with E-state index in [-0.39, 0.29) is 0 Å². The average Bonchev–Trinajstić information content (AvgIpc) is 2.44. The number of aryl methyl sites for hydroxylation is 2. The summed E-state index contributed by atoms with van der Waals surface area (Å²) in [6.45, 7) is 4.16. The van der Waals surface area contributed by atoms with E-state index in [0.29, 0.717) is 0 Å². The Labute approximate surface area is 71.2 Å². The van der Waals surface area contributed by atoms with Crippen LogP contribution in [0, 0.1) is 6.92 Å². The third kappa shape index (κ3) is 0.916. The smallest absolute Gasteiger partial charge is 0.226 e. The van der Waals surface area contributed by atoms with Gasteiger partial charge in [-0.1, -0.05) is 6.92 Å². The first kappa shape index (κ1) is 7.35. The Hall–Kier alpha value is -1.31. The molecular formula is C10H11NO. The van der Waals surface area contributed by atoms with Crippen molar-refractivity contribution in [1.29, 1.82) is 0 Å². The molecule has 0 saturated carbocycles. The van der Waals surface area contributed by atoms with Gasteiger partial charge in [0.1, 0.15) is 5.76 Å². The lowest BCUT2D eigenvalue weighted by Crippen LogP contribution is -1.76. The number of fused-ring (bicyclic) bond motifs is 1. The van der Waals surface area contributed by atoms with Gasteiger partial charge in [0, 0.05) is 23.6 Å². The number of hydrogen-bond donors (Lipinski definition) is 0. The summed E-state index contributed by atoms with van der Waals surface area (Å²) in [5.41, 5.74) is 1.98. The van der Waals surface area contributed by atoms with Crippen LogP contribution in [0.4, 0.5) is 0 Å². The largest absolute Gasteiger partial charge is 0.443 e. The molecule has 2 heterocycles. The van der Waals surface area contributed by atoms with Crippen molar-refractivity contribution in [3.8, 4) is 0 Å². The molecule has 0 unspecified atom stereocenters. The van der Waals surface area contributed by atoms with Gasteiger partial charge in [0.15, 0.2) is 0 Å². The minimum Gasteiger partial charge on any atom is -0.443 e. The molecule has 0 aliphatic rings. The molecule has 2 aromatic heterocycles. The SMILES string of the molecule is CCc1oc2ncccc2c1C. The maximum Gasteiger partial charge on any atom is 0.226 e. The second-order valence-corrected chi connectivity index (χ2v) is 2.86. The molecule has 12 heavy (non-hydrogen) atoms. The Balaban J connectivity index is 2.78. The predicted octanol–water partition coefficient (Wildman–Crippen LogP) is 2.70.